The zero-order chi connectivity index (χ0) is 20.5. The minimum atomic E-state index is -4.71. The van der Waals surface area contributed by atoms with Crippen molar-refractivity contribution in [2.45, 2.75) is 13.1 Å². The molecule has 1 aliphatic rings. The first kappa shape index (κ1) is 19.7. The molecule has 1 amide bonds. The number of nitro benzene ring substituents is 1. The molecule has 2 aromatic carbocycles. The molecule has 0 saturated carbocycles. The van der Waals surface area contributed by atoms with Crippen molar-refractivity contribution in [1.29, 1.82) is 0 Å². The van der Waals surface area contributed by atoms with Crippen LogP contribution in [0.4, 0.5) is 24.5 Å². The van der Waals surface area contributed by atoms with Crippen LogP contribution in [0, 0.1) is 17.0 Å². The summed E-state index contributed by atoms with van der Waals surface area (Å²) in [6.07, 6.45) is -4.71. The number of hydrogen-bond donors (Lipinski definition) is 0. The van der Waals surface area contributed by atoms with Crippen LogP contribution in [0.1, 0.15) is 21.5 Å². The third kappa shape index (κ3) is 3.92. The Labute approximate surface area is 159 Å². The molecule has 1 aliphatic heterocycles. The van der Waals surface area contributed by atoms with Gasteiger partial charge in [0.15, 0.2) is 0 Å². The molecule has 148 valence electrons. The van der Waals surface area contributed by atoms with Gasteiger partial charge in [0.1, 0.15) is 0 Å². The van der Waals surface area contributed by atoms with Gasteiger partial charge in [0.05, 0.1) is 10.5 Å². The van der Waals surface area contributed by atoms with Crippen LogP contribution >= 0.6 is 0 Å². The van der Waals surface area contributed by atoms with Crippen molar-refractivity contribution in [2.24, 2.45) is 0 Å². The number of aryl methyl sites for hydroxylation is 1. The predicted octanol–water partition coefficient (Wildman–Crippen LogP) is 3.88. The van der Waals surface area contributed by atoms with E-state index < -0.39 is 22.4 Å². The molecule has 0 N–H and O–H groups in total. The van der Waals surface area contributed by atoms with E-state index in [0.717, 1.165) is 17.7 Å². The predicted molar refractivity (Wildman–Crippen MR) is 97.4 cm³/mol. The van der Waals surface area contributed by atoms with Crippen molar-refractivity contribution in [3.63, 3.8) is 0 Å². The maximum atomic E-state index is 13.4. The molecule has 1 fully saturated rings. The number of alkyl halides is 3. The summed E-state index contributed by atoms with van der Waals surface area (Å²) in [4.78, 5) is 25.8. The number of carbonyl (C=O) groups is 1. The fourth-order valence-electron chi connectivity index (χ4n) is 3.27. The van der Waals surface area contributed by atoms with Gasteiger partial charge < -0.3 is 9.80 Å². The molecule has 0 aliphatic carbocycles. The SMILES string of the molecule is Cc1ccccc1C(=O)N1CCN(c2ccc([N+](=O)[O-])cc2C(F)(F)F)CC1. The monoisotopic (exact) mass is 393 g/mol. The Kier molecular flexibility index (Phi) is 5.26. The lowest BCUT2D eigenvalue weighted by Gasteiger charge is -2.37. The summed E-state index contributed by atoms with van der Waals surface area (Å²) >= 11 is 0. The Bertz CT molecular complexity index is 907. The van der Waals surface area contributed by atoms with Gasteiger partial charge in [0.2, 0.25) is 0 Å². The van der Waals surface area contributed by atoms with Crippen LogP contribution in [-0.2, 0) is 6.18 Å². The summed E-state index contributed by atoms with van der Waals surface area (Å²) in [5.41, 5.74) is -0.349. The number of rotatable bonds is 3. The van der Waals surface area contributed by atoms with E-state index in [4.69, 9.17) is 0 Å². The number of carbonyl (C=O) groups excluding carboxylic acids is 1. The maximum Gasteiger partial charge on any atom is 0.418 e. The number of benzene rings is 2. The van der Waals surface area contributed by atoms with Crippen molar-refractivity contribution in [1.82, 2.24) is 4.90 Å². The summed E-state index contributed by atoms with van der Waals surface area (Å²) in [6.45, 7) is 2.77. The van der Waals surface area contributed by atoms with Gasteiger partial charge in [-0.05, 0) is 24.6 Å². The average Bonchev–Trinajstić information content (AvgIpc) is 2.67. The lowest BCUT2D eigenvalue weighted by atomic mass is 10.1. The number of anilines is 1. The molecular formula is C19H18F3N3O3. The number of non-ortho nitro benzene ring substituents is 1. The van der Waals surface area contributed by atoms with Crippen molar-refractivity contribution >= 4 is 17.3 Å². The van der Waals surface area contributed by atoms with Gasteiger partial charge in [-0.3, -0.25) is 14.9 Å². The first-order valence-electron chi connectivity index (χ1n) is 8.64. The lowest BCUT2D eigenvalue weighted by molar-refractivity contribution is -0.385. The quantitative estimate of drug-likeness (QED) is 0.586. The second-order valence-electron chi connectivity index (χ2n) is 6.55. The normalized spacial score (nSPS) is 14.9. The molecule has 1 saturated heterocycles. The molecule has 28 heavy (non-hydrogen) atoms. The van der Waals surface area contributed by atoms with Crippen LogP contribution in [0.5, 0.6) is 0 Å². The topological polar surface area (TPSA) is 66.7 Å². The third-order valence-corrected chi connectivity index (χ3v) is 4.78. The van der Waals surface area contributed by atoms with E-state index in [0.29, 0.717) is 11.6 Å². The second kappa shape index (κ2) is 7.49. The van der Waals surface area contributed by atoms with Crippen molar-refractivity contribution in [3.05, 3.63) is 69.3 Å². The Morgan fingerprint density at radius 3 is 2.29 bits per heavy atom. The second-order valence-corrected chi connectivity index (χ2v) is 6.55. The van der Waals surface area contributed by atoms with Gasteiger partial charge >= 0.3 is 6.18 Å². The van der Waals surface area contributed by atoms with Crippen molar-refractivity contribution in [2.75, 3.05) is 31.1 Å². The minimum Gasteiger partial charge on any atom is -0.367 e. The highest BCUT2D eigenvalue weighted by atomic mass is 19.4. The van der Waals surface area contributed by atoms with E-state index in [9.17, 15) is 28.1 Å². The Morgan fingerprint density at radius 1 is 1.07 bits per heavy atom. The molecule has 0 aromatic heterocycles. The number of nitrogens with zero attached hydrogens (tertiary/aromatic N) is 3. The third-order valence-electron chi connectivity index (χ3n) is 4.78. The van der Waals surface area contributed by atoms with Gasteiger partial charge in [-0.1, -0.05) is 18.2 Å². The van der Waals surface area contributed by atoms with E-state index in [2.05, 4.69) is 0 Å². The highest BCUT2D eigenvalue weighted by Crippen LogP contribution is 2.39. The number of halogens is 3. The summed E-state index contributed by atoms with van der Waals surface area (Å²) in [5, 5.41) is 10.8. The summed E-state index contributed by atoms with van der Waals surface area (Å²) in [7, 11) is 0. The van der Waals surface area contributed by atoms with E-state index in [1.807, 2.05) is 19.1 Å². The molecule has 0 atom stereocenters. The Hall–Kier alpha value is -3.10. The fourth-order valence-corrected chi connectivity index (χ4v) is 3.27. The van der Waals surface area contributed by atoms with Gasteiger partial charge in [0, 0.05) is 49.6 Å². The highest BCUT2D eigenvalue weighted by Gasteiger charge is 2.37. The molecule has 0 radical (unpaired) electrons. The van der Waals surface area contributed by atoms with E-state index in [1.165, 1.54) is 4.90 Å². The lowest BCUT2D eigenvalue weighted by Crippen LogP contribution is -2.49. The van der Waals surface area contributed by atoms with Crippen LogP contribution < -0.4 is 4.90 Å². The summed E-state index contributed by atoms with van der Waals surface area (Å²) < 4.78 is 40.2. The maximum absolute atomic E-state index is 13.4. The smallest absolute Gasteiger partial charge is 0.367 e. The number of piperazine rings is 1. The van der Waals surface area contributed by atoms with Crippen molar-refractivity contribution < 1.29 is 22.9 Å². The summed E-state index contributed by atoms with van der Waals surface area (Å²) in [6, 6.07) is 9.90. The Morgan fingerprint density at radius 2 is 1.71 bits per heavy atom. The number of amides is 1. The van der Waals surface area contributed by atoms with Gasteiger partial charge in [-0.15, -0.1) is 0 Å². The minimum absolute atomic E-state index is 0.110. The molecule has 3 rings (SSSR count). The molecule has 6 nitrogen and oxygen atoms in total. The van der Waals surface area contributed by atoms with E-state index >= 15 is 0 Å². The molecule has 1 heterocycles. The first-order chi connectivity index (χ1) is 13.2. The fraction of sp³-hybridized carbons (Fsp3) is 0.316. The van der Waals surface area contributed by atoms with Crippen LogP contribution in [-0.4, -0.2) is 41.9 Å². The standard InChI is InChI=1S/C19H18F3N3O3/c1-13-4-2-3-5-15(13)18(26)24-10-8-23(9-11-24)17-7-6-14(25(27)28)12-16(17)19(20,21)22/h2-7,12H,8-11H2,1H3. The van der Waals surface area contributed by atoms with Crippen LogP contribution in [0.2, 0.25) is 0 Å². The molecular weight excluding hydrogens is 375 g/mol. The molecule has 2 aromatic rings. The van der Waals surface area contributed by atoms with Gasteiger partial charge in [0.25, 0.3) is 11.6 Å². The average molecular weight is 393 g/mol. The van der Waals surface area contributed by atoms with Gasteiger partial charge in [-0.2, -0.15) is 13.2 Å². The zero-order valence-electron chi connectivity index (χ0n) is 15.1. The van der Waals surface area contributed by atoms with Crippen LogP contribution in [0.15, 0.2) is 42.5 Å². The molecule has 9 heteroatoms. The number of hydrogen-bond acceptors (Lipinski definition) is 4. The van der Waals surface area contributed by atoms with E-state index in [1.54, 1.807) is 17.0 Å². The van der Waals surface area contributed by atoms with Gasteiger partial charge in [-0.25, -0.2) is 0 Å². The van der Waals surface area contributed by atoms with Crippen molar-refractivity contribution in [3.8, 4) is 0 Å². The molecule has 0 spiro atoms. The molecule has 0 bridgehead atoms. The zero-order valence-corrected chi connectivity index (χ0v) is 15.1. The highest BCUT2D eigenvalue weighted by molar-refractivity contribution is 5.95. The Balaban J connectivity index is 1.79. The summed E-state index contributed by atoms with van der Waals surface area (Å²) in [5.74, 6) is -0.155. The van der Waals surface area contributed by atoms with Crippen LogP contribution in [0.3, 0.4) is 0 Å². The number of nitro groups is 1. The molecule has 0 unspecified atom stereocenters. The van der Waals surface area contributed by atoms with E-state index in [-0.39, 0.29) is 37.8 Å². The van der Waals surface area contributed by atoms with Crippen LogP contribution in [0.25, 0.3) is 0 Å². The first-order valence-corrected chi connectivity index (χ1v) is 8.64. The largest absolute Gasteiger partial charge is 0.418 e.